The normalized spacial score (nSPS) is 12.6. The number of nitrogens with zero attached hydrogens (tertiary/aromatic N) is 1. The van der Waals surface area contributed by atoms with Gasteiger partial charge in [0.25, 0.3) is 5.91 Å². The van der Waals surface area contributed by atoms with Gasteiger partial charge in [-0.3, -0.25) is 10.2 Å². The van der Waals surface area contributed by atoms with E-state index in [1.165, 1.54) is 17.1 Å². The minimum absolute atomic E-state index is 0.302. The molecule has 1 atom stereocenters. The van der Waals surface area contributed by atoms with Crippen molar-refractivity contribution in [2.45, 2.75) is 13.0 Å². The number of rotatable bonds is 3. The lowest BCUT2D eigenvalue weighted by Crippen LogP contribution is -2.42. The van der Waals surface area contributed by atoms with E-state index in [0.29, 0.717) is 11.1 Å². The van der Waals surface area contributed by atoms with Gasteiger partial charge in [-0.15, -0.1) is 0 Å². The van der Waals surface area contributed by atoms with Crippen LogP contribution in [0.25, 0.3) is 0 Å². The summed E-state index contributed by atoms with van der Waals surface area (Å²) in [6.45, 7) is 1.63. The number of hydrazine groups is 1. The van der Waals surface area contributed by atoms with Crippen LogP contribution in [-0.4, -0.2) is 25.0 Å². The second-order valence-electron chi connectivity index (χ2n) is 3.86. The highest BCUT2D eigenvalue weighted by molar-refractivity contribution is 5.82. The molecule has 0 radical (unpaired) electrons. The van der Waals surface area contributed by atoms with E-state index in [4.69, 9.17) is 5.73 Å². The molecule has 1 aromatic rings. The second kappa shape index (κ2) is 5.05. The van der Waals surface area contributed by atoms with Gasteiger partial charge in [0.15, 0.2) is 0 Å². The highest BCUT2D eigenvalue weighted by atomic mass is 19.1. The monoisotopic (exact) mass is 225 g/mol. The molecule has 1 rings (SSSR count). The Labute approximate surface area is 94.2 Å². The third kappa shape index (κ3) is 3.01. The largest absolute Gasteiger partial charge is 0.316 e. The third-order valence-corrected chi connectivity index (χ3v) is 2.16. The van der Waals surface area contributed by atoms with E-state index in [1.807, 2.05) is 0 Å². The standard InChI is InChI=1S/C11H16FN3O/c1-7-6-8(4-5-9(7)12)10(13)11(16)14-15(2)3/h4-6,10H,13H2,1-3H3,(H,14,16). The quantitative estimate of drug-likeness (QED) is 0.745. The Bertz CT molecular complexity index is 393. The van der Waals surface area contributed by atoms with E-state index < -0.39 is 6.04 Å². The predicted molar refractivity (Wildman–Crippen MR) is 59.9 cm³/mol. The first-order valence-electron chi connectivity index (χ1n) is 4.91. The summed E-state index contributed by atoms with van der Waals surface area (Å²) in [6, 6.07) is 3.62. The highest BCUT2D eigenvalue weighted by Crippen LogP contribution is 2.15. The molecule has 0 aliphatic carbocycles. The molecular weight excluding hydrogens is 209 g/mol. The molecule has 1 unspecified atom stereocenters. The molecule has 88 valence electrons. The average Bonchev–Trinajstić information content (AvgIpc) is 2.20. The van der Waals surface area contributed by atoms with Gasteiger partial charge in [0.2, 0.25) is 0 Å². The number of halogens is 1. The lowest BCUT2D eigenvalue weighted by atomic mass is 10.0. The summed E-state index contributed by atoms with van der Waals surface area (Å²) in [5, 5.41) is 1.51. The fourth-order valence-corrected chi connectivity index (χ4v) is 1.30. The molecule has 3 N–H and O–H groups in total. The third-order valence-electron chi connectivity index (χ3n) is 2.16. The van der Waals surface area contributed by atoms with E-state index in [2.05, 4.69) is 5.43 Å². The van der Waals surface area contributed by atoms with Crippen molar-refractivity contribution in [3.63, 3.8) is 0 Å². The number of carbonyl (C=O) groups is 1. The Morgan fingerprint density at radius 1 is 1.50 bits per heavy atom. The SMILES string of the molecule is Cc1cc(C(N)C(=O)NN(C)C)ccc1F. The van der Waals surface area contributed by atoms with Crippen molar-refractivity contribution >= 4 is 5.91 Å². The number of nitrogens with one attached hydrogen (secondary N) is 1. The van der Waals surface area contributed by atoms with Crippen molar-refractivity contribution in [1.29, 1.82) is 0 Å². The summed E-state index contributed by atoms with van der Waals surface area (Å²) in [5.41, 5.74) is 9.37. The zero-order valence-electron chi connectivity index (χ0n) is 9.62. The van der Waals surface area contributed by atoms with Gasteiger partial charge in [0.1, 0.15) is 11.9 Å². The van der Waals surface area contributed by atoms with Crippen LogP contribution < -0.4 is 11.2 Å². The lowest BCUT2D eigenvalue weighted by Gasteiger charge is -2.17. The van der Waals surface area contributed by atoms with Gasteiger partial charge in [-0.05, 0) is 24.1 Å². The van der Waals surface area contributed by atoms with Crippen LogP contribution in [0.4, 0.5) is 4.39 Å². The number of hydrogen-bond donors (Lipinski definition) is 2. The maximum atomic E-state index is 13.0. The number of aryl methyl sites for hydroxylation is 1. The van der Waals surface area contributed by atoms with Crippen LogP contribution >= 0.6 is 0 Å². The van der Waals surface area contributed by atoms with Crippen molar-refractivity contribution in [3.05, 3.63) is 35.1 Å². The summed E-state index contributed by atoms with van der Waals surface area (Å²) >= 11 is 0. The first-order valence-corrected chi connectivity index (χ1v) is 4.91. The molecule has 0 saturated heterocycles. The van der Waals surface area contributed by atoms with Gasteiger partial charge in [0, 0.05) is 14.1 Å². The number of nitrogens with two attached hydrogens (primary N) is 1. The van der Waals surface area contributed by atoms with Crippen molar-refractivity contribution in [1.82, 2.24) is 10.4 Å². The maximum Gasteiger partial charge on any atom is 0.255 e. The van der Waals surface area contributed by atoms with Gasteiger partial charge in [0.05, 0.1) is 0 Å². The van der Waals surface area contributed by atoms with Crippen LogP contribution in [0.5, 0.6) is 0 Å². The number of hydrogen-bond acceptors (Lipinski definition) is 3. The molecule has 1 aromatic carbocycles. The molecular formula is C11H16FN3O. The maximum absolute atomic E-state index is 13.0. The number of benzene rings is 1. The van der Waals surface area contributed by atoms with Crippen LogP contribution in [0, 0.1) is 12.7 Å². The average molecular weight is 225 g/mol. The summed E-state index contributed by atoms with van der Waals surface area (Å²) < 4.78 is 13.0. The molecule has 1 amide bonds. The van der Waals surface area contributed by atoms with Gasteiger partial charge in [-0.25, -0.2) is 9.40 Å². The van der Waals surface area contributed by atoms with E-state index in [0.717, 1.165) is 0 Å². The zero-order valence-corrected chi connectivity index (χ0v) is 9.62. The molecule has 0 aromatic heterocycles. The smallest absolute Gasteiger partial charge is 0.255 e. The van der Waals surface area contributed by atoms with E-state index in [9.17, 15) is 9.18 Å². The van der Waals surface area contributed by atoms with E-state index in [1.54, 1.807) is 27.1 Å². The van der Waals surface area contributed by atoms with Crippen molar-refractivity contribution in [3.8, 4) is 0 Å². The predicted octanol–water partition coefficient (Wildman–Crippen LogP) is 0.727. The Morgan fingerprint density at radius 2 is 2.12 bits per heavy atom. The molecule has 0 saturated carbocycles. The number of amides is 1. The molecule has 0 bridgehead atoms. The Morgan fingerprint density at radius 3 is 2.62 bits per heavy atom. The molecule has 16 heavy (non-hydrogen) atoms. The van der Waals surface area contributed by atoms with Gasteiger partial charge < -0.3 is 5.73 Å². The topological polar surface area (TPSA) is 58.4 Å². The van der Waals surface area contributed by atoms with Crippen LogP contribution in [0.3, 0.4) is 0 Å². The molecule has 0 spiro atoms. The fourth-order valence-electron chi connectivity index (χ4n) is 1.30. The van der Waals surface area contributed by atoms with Crippen molar-refractivity contribution in [2.24, 2.45) is 5.73 Å². The first kappa shape index (κ1) is 12.6. The lowest BCUT2D eigenvalue weighted by molar-refractivity contribution is -0.126. The number of carbonyl (C=O) groups excluding carboxylic acids is 1. The molecule has 0 heterocycles. The minimum atomic E-state index is -0.790. The van der Waals surface area contributed by atoms with E-state index in [-0.39, 0.29) is 11.7 Å². The van der Waals surface area contributed by atoms with Crippen molar-refractivity contribution < 1.29 is 9.18 Å². The fraction of sp³-hybridized carbons (Fsp3) is 0.364. The van der Waals surface area contributed by atoms with Crippen LogP contribution in [0.2, 0.25) is 0 Å². The molecule has 5 heteroatoms. The van der Waals surface area contributed by atoms with Gasteiger partial charge in [-0.2, -0.15) is 0 Å². The van der Waals surface area contributed by atoms with Crippen LogP contribution in [-0.2, 0) is 4.79 Å². The van der Waals surface area contributed by atoms with Crippen molar-refractivity contribution in [2.75, 3.05) is 14.1 Å². The summed E-state index contributed by atoms with van der Waals surface area (Å²) in [5.74, 6) is -0.625. The van der Waals surface area contributed by atoms with Crippen LogP contribution in [0.15, 0.2) is 18.2 Å². The van der Waals surface area contributed by atoms with Gasteiger partial charge in [-0.1, -0.05) is 12.1 Å². The molecule has 4 nitrogen and oxygen atoms in total. The Balaban J connectivity index is 2.83. The Hall–Kier alpha value is -1.46. The van der Waals surface area contributed by atoms with Crippen LogP contribution in [0.1, 0.15) is 17.2 Å². The second-order valence-corrected chi connectivity index (χ2v) is 3.86. The van der Waals surface area contributed by atoms with E-state index >= 15 is 0 Å². The zero-order chi connectivity index (χ0) is 12.3. The summed E-state index contributed by atoms with van der Waals surface area (Å²) in [4.78, 5) is 11.6. The molecule has 0 aliphatic rings. The minimum Gasteiger partial charge on any atom is -0.316 e. The highest BCUT2D eigenvalue weighted by Gasteiger charge is 2.16. The summed E-state index contributed by atoms with van der Waals surface area (Å²) in [6.07, 6.45) is 0. The first-order chi connectivity index (χ1) is 7.41. The van der Waals surface area contributed by atoms with Gasteiger partial charge >= 0.3 is 0 Å². The molecule has 0 aliphatic heterocycles. The summed E-state index contributed by atoms with van der Waals surface area (Å²) in [7, 11) is 3.39. The molecule has 0 fully saturated rings. The Kier molecular flexibility index (Phi) is 3.98.